The van der Waals surface area contributed by atoms with Gasteiger partial charge in [0.25, 0.3) is 0 Å². The predicted molar refractivity (Wildman–Crippen MR) is 86.3 cm³/mol. The molecule has 0 fully saturated rings. The van der Waals surface area contributed by atoms with E-state index in [4.69, 9.17) is 28.9 Å². The van der Waals surface area contributed by atoms with Gasteiger partial charge >= 0.3 is 0 Å². The van der Waals surface area contributed by atoms with E-state index < -0.39 is 10.0 Å². The van der Waals surface area contributed by atoms with E-state index in [-0.39, 0.29) is 34.9 Å². The highest BCUT2D eigenvalue weighted by Gasteiger charge is 2.22. The molecule has 1 aromatic carbocycles. The van der Waals surface area contributed by atoms with Crippen LogP contribution < -0.4 is 10.5 Å². The van der Waals surface area contributed by atoms with Crippen LogP contribution in [0.1, 0.15) is 20.3 Å². The molecule has 116 valence electrons. The normalized spacial score (nSPS) is 13.1. The van der Waals surface area contributed by atoms with E-state index in [1.165, 1.54) is 18.2 Å². The third-order valence-electron chi connectivity index (χ3n) is 2.55. The van der Waals surface area contributed by atoms with Gasteiger partial charge in [0, 0.05) is 17.6 Å². The van der Waals surface area contributed by atoms with Gasteiger partial charge in [-0.2, -0.15) is 0 Å². The Hall–Kier alpha value is -0.0400. The van der Waals surface area contributed by atoms with Gasteiger partial charge in [0.05, 0.1) is 5.02 Å². The van der Waals surface area contributed by atoms with Crippen LogP contribution in [-0.2, 0) is 10.0 Å². The number of halogens is 3. The topological polar surface area (TPSA) is 72.2 Å². The fourth-order valence-electron chi connectivity index (χ4n) is 1.74. The van der Waals surface area contributed by atoms with Crippen molar-refractivity contribution in [2.24, 2.45) is 11.7 Å². The zero-order valence-corrected chi connectivity index (χ0v) is 14.4. The van der Waals surface area contributed by atoms with E-state index in [9.17, 15) is 8.42 Å². The summed E-state index contributed by atoms with van der Waals surface area (Å²) >= 11 is 11.7. The van der Waals surface area contributed by atoms with Crippen molar-refractivity contribution in [1.29, 1.82) is 0 Å². The van der Waals surface area contributed by atoms with E-state index in [1.807, 2.05) is 13.8 Å². The molecule has 0 aliphatic rings. The number of sulfonamides is 1. The first kappa shape index (κ1) is 20.0. The van der Waals surface area contributed by atoms with Crippen LogP contribution in [0.2, 0.25) is 10.0 Å². The van der Waals surface area contributed by atoms with Gasteiger partial charge < -0.3 is 5.73 Å². The molecule has 8 heteroatoms. The van der Waals surface area contributed by atoms with Crippen LogP contribution in [0.5, 0.6) is 0 Å². The van der Waals surface area contributed by atoms with Crippen molar-refractivity contribution < 1.29 is 8.42 Å². The molecule has 4 nitrogen and oxygen atoms in total. The summed E-state index contributed by atoms with van der Waals surface area (Å²) in [4.78, 5) is 0.0146. The van der Waals surface area contributed by atoms with Crippen LogP contribution in [0, 0.1) is 5.92 Å². The number of hydrogen-bond donors (Lipinski definition) is 2. The van der Waals surface area contributed by atoms with Crippen molar-refractivity contribution in [3.8, 4) is 0 Å². The van der Waals surface area contributed by atoms with Crippen LogP contribution in [0.4, 0.5) is 0 Å². The molecule has 1 rings (SSSR count). The number of benzene rings is 1. The van der Waals surface area contributed by atoms with E-state index >= 15 is 0 Å². The highest BCUT2D eigenvalue weighted by atomic mass is 35.5. The molecule has 0 aliphatic heterocycles. The Kier molecular flexibility index (Phi) is 8.40. The van der Waals surface area contributed by atoms with E-state index in [0.717, 1.165) is 0 Å². The Bertz CT molecular complexity index is 536. The Morgan fingerprint density at radius 2 is 1.90 bits per heavy atom. The summed E-state index contributed by atoms with van der Waals surface area (Å²) in [6.07, 6.45) is 0.668. The van der Waals surface area contributed by atoms with Gasteiger partial charge in [-0.25, -0.2) is 13.1 Å². The Morgan fingerprint density at radius 3 is 2.35 bits per heavy atom. The lowest BCUT2D eigenvalue weighted by molar-refractivity contribution is 0.465. The van der Waals surface area contributed by atoms with Crippen LogP contribution in [0.25, 0.3) is 0 Å². The van der Waals surface area contributed by atoms with Gasteiger partial charge in [-0.15, -0.1) is 12.4 Å². The second kappa shape index (κ2) is 8.41. The molecule has 0 bridgehead atoms. The summed E-state index contributed by atoms with van der Waals surface area (Å²) in [5, 5.41) is 0.488. The van der Waals surface area contributed by atoms with Gasteiger partial charge in [0.15, 0.2) is 0 Å². The maximum Gasteiger partial charge on any atom is 0.242 e. The highest BCUT2D eigenvalue weighted by molar-refractivity contribution is 7.89. The summed E-state index contributed by atoms with van der Waals surface area (Å²) in [5.41, 5.74) is 5.59. The van der Waals surface area contributed by atoms with Crippen LogP contribution in [0.15, 0.2) is 23.1 Å². The maximum absolute atomic E-state index is 12.2. The monoisotopic (exact) mass is 360 g/mol. The lowest BCUT2D eigenvalue weighted by atomic mass is 10.1. The summed E-state index contributed by atoms with van der Waals surface area (Å²) in [5.74, 6) is 0.344. The molecule has 0 amide bonds. The SMILES string of the molecule is CC(C)CC(CN)NS(=O)(=O)c1ccc(Cl)cc1Cl.Cl. The Balaban J connectivity index is 0.00000361. The van der Waals surface area contributed by atoms with Crippen LogP contribution in [-0.4, -0.2) is 21.0 Å². The molecule has 0 saturated carbocycles. The fraction of sp³-hybridized carbons (Fsp3) is 0.500. The second-order valence-corrected chi connectivity index (χ2v) is 7.28. The maximum atomic E-state index is 12.2. The quantitative estimate of drug-likeness (QED) is 0.818. The van der Waals surface area contributed by atoms with Crippen molar-refractivity contribution in [1.82, 2.24) is 4.72 Å². The zero-order valence-electron chi connectivity index (χ0n) is 11.3. The first-order valence-corrected chi connectivity index (χ1v) is 8.17. The minimum absolute atomic E-state index is 0. The average Bonchev–Trinajstić information content (AvgIpc) is 2.26. The molecule has 0 spiro atoms. The summed E-state index contributed by atoms with van der Waals surface area (Å²) in [6, 6.07) is 3.96. The zero-order chi connectivity index (χ0) is 14.6. The van der Waals surface area contributed by atoms with Crippen LogP contribution >= 0.6 is 35.6 Å². The van der Waals surface area contributed by atoms with Crippen LogP contribution in [0.3, 0.4) is 0 Å². The standard InChI is InChI=1S/C12H18Cl2N2O2S.ClH/c1-8(2)5-10(7-15)16-19(17,18)12-4-3-9(13)6-11(12)14;/h3-4,6,8,10,16H,5,7,15H2,1-2H3;1H. The first-order chi connectivity index (χ1) is 8.76. The fourth-order valence-corrected chi connectivity index (χ4v) is 3.77. The molecule has 1 unspecified atom stereocenters. The van der Waals surface area contributed by atoms with Gasteiger partial charge in [0.1, 0.15) is 4.90 Å². The minimum Gasteiger partial charge on any atom is -0.329 e. The third-order valence-corrected chi connectivity index (χ3v) is 4.78. The lowest BCUT2D eigenvalue weighted by Gasteiger charge is -2.19. The first-order valence-electron chi connectivity index (χ1n) is 5.93. The third kappa shape index (κ3) is 5.76. The average molecular weight is 362 g/mol. The van der Waals surface area contributed by atoms with E-state index in [2.05, 4.69) is 4.72 Å². The van der Waals surface area contributed by atoms with Gasteiger partial charge in [-0.05, 0) is 30.5 Å². The molecule has 20 heavy (non-hydrogen) atoms. The van der Waals surface area contributed by atoms with Crippen molar-refractivity contribution in [3.63, 3.8) is 0 Å². The van der Waals surface area contributed by atoms with Crippen molar-refractivity contribution in [3.05, 3.63) is 28.2 Å². The molecule has 0 saturated heterocycles. The van der Waals surface area contributed by atoms with Gasteiger partial charge in [-0.1, -0.05) is 37.0 Å². The second-order valence-electron chi connectivity index (χ2n) is 4.76. The number of nitrogens with two attached hydrogens (primary N) is 1. The molecule has 3 N–H and O–H groups in total. The van der Waals surface area contributed by atoms with Gasteiger partial charge in [0.2, 0.25) is 10.0 Å². The summed E-state index contributed by atoms with van der Waals surface area (Å²) in [6.45, 7) is 4.25. The van der Waals surface area contributed by atoms with Crippen molar-refractivity contribution in [2.75, 3.05) is 6.54 Å². The van der Waals surface area contributed by atoms with Gasteiger partial charge in [-0.3, -0.25) is 0 Å². The molecular formula is C12H19Cl3N2O2S. The largest absolute Gasteiger partial charge is 0.329 e. The molecule has 0 radical (unpaired) electrons. The lowest BCUT2D eigenvalue weighted by Crippen LogP contribution is -2.41. The van der Waals surface area contributed by atoms with Crippen molar-refractivity contribution in [2.45, 2.75) is 31.2 Å². The van der Waals surface area contributed by atoms with Crippen molar-refractivity contribution >= 4 is 45.6 Å². The van der Waals surface area contributed by atoms with E-state index in [1.54, 1.807) is 0 Å². The molecule has 1 aromatic rings. The molecule has 1 atom stereocenters. The predicted octanol–water partition coefficient (Wildman–Crippen LogP) is 3.07. The number of hydrogen-bond acceptors (Lipinski definition) is 3. The molecular weight excluding hydrogens is 343 g/mol. The smallest absolute Gasteiger partial charge is 0.242 e. The summed E-state index contributed by atoms with van der Waals surface area (Å²) < 4.78 is 27.0. The Labute approximate surface area is 136 Å². The minimum atomic E-state index is -3.69. The highest BCUT2D eigenvalue weighted by Crippen LogP contribution is 2.25. The molecule has 0 aromatic heterocycles. The van der Waals surface area contributed by atoms with E-state index in [0.29, 0.717) is 17.4 Å². The number of rotatable bonds is 6. The Morgan fingerprint density at radius 1 is 1.30 bits per heavy atom. The summed E-state index contributed by atoms with van der Waals surface area (Å²) in [7, 11) is -3.69. The molecule has 0 heterocycles. The number of nitrogens with one attached hydrogen (secondary N) is 1. The molecule has 0 aliphatic carbocycles.